The van der Waals surface area contributed by atoms with Crippen LogP contribution < -0.4 is 4.74 Å². The average molecular weight is 447 g/mol. The summed E-state index contributed by atoms with van der Waals surface area (Å²) in [5.41, 5.74) is 0.816. The van der Waals surface area contributed by atoms with Gasteiger partial charge in [-0.05, 0) is 59.8 Å². The summed E-state index contributed by atoms with van der Waals surface area (Å²) < 4.78 is 47.5. The number of hydrogen-bond acceptors (Lipinski definition) is 7. The molecule has 0 N–H and O–H groups in total. The number of nitrogens with zero attached hydrogens (tertiary/aromatic N) is 6. The lowest BCUT2D eigenvalue weighted by molar-refractivity contribution is 0.177. The second kappa shape index (κ2) is 9.08. The van der Waals surface area contributed by atoms with Crippen LogP contribution in [0.3, 0.4) is 0 Å². The Kier molecular flexibility index (Phi) is 6.25. The largest absolute Gasteiger partial charge is 0.494 e. The zero-order valence-corrected chi connectivity index (χ0v) is 17.9. The molecule has 164 valence electrons. The fourth-order valence-electron chi connectivity index (χ4n) is 3.46. The molecular formula is C20H23FN6O3S. The van der Waals surface area contributed by atoms with Gasteiger partial charge in [0, 0.05) is 26.2 Å². The molecule has 3 aromatic rings. The molecule has 0 atom stereocenters. The Hall–Kier alpha value is -2.89. The third kappa shape index (κ3) is 4.73. The number of halogens is 1. The molecule has 0 aliphatic carbocycles. The van der Waals surface area contributed by atoms with Crippen LogP contribution in [0.2, 0.25) is 0 Å². The van der Waals surface area contributed by atoms with Crippen molar-refractivity contribution in [3.63, 3.8) is 0 Å². The van der Waals surface area contributed by atoms with Gasteiger partial charge in [0.15, 0.2) is 5.82 Å². The van der Waals surface area contributed by atoms with Gasteiger partial charge in [0.1, 0.15) is 11.6 Å². The summed E-state index contributed by atoms with van der Waals surface area (Å²) in [5, 5.41) is 12.0. The summed E-state index contributed by atoms with van der Waals surface area (Å²) in [6.07, 6.45) is 0. The van der Waals surface area contributed by atoms with Crippen molar-refractivity contribution in [3.05, 3.63) is 60.2 Å². The van der Waals surface area contributed by atoms with Crippen molar-refractivity contribution in [1.82, 2.24) is 29.4 Å². The molecule has 2 aromatic carbocycles. The zero-order valence-electron chi connectivity index (χ0n) is 17.1. The van der Waals surface area contributed by atoms with Gasteiger partial charge in [-0.1, -0.05) is 6.07 Å². The Bertz CT molecular complexity index is 1130. The van der Waals surface area contributed by atoms with Gasteiger partial charge in [-0.2, -0.15) is 8.99 Å². The van der Waals surface area contributed by atoms with Crippen LogP contribution in [0.25, 0.3) is 5.69 Å². The first-order chi connectivity index (χ1) is 15.0. The normalized spacial score (nSPS) is 15.8. The Morgan fingerprint density at radius 1 is 1.06 bits per heavy atom. The van der Waals surface area contributed by atoms with E-state index in [0.717, 1.165) is 17.5 Å². The molecule has 4 rings (SSSR count). The maximum atomic E-state index is 13.5. The van der Waals surface area contributed by atoms with Gasteiger partial charge < -0.3 is 4.74 Å². The molecule has 9 nitrogen and oxygen atoms in total. The SMILES string of the molecule is CCOc1ccc(-n2nnnc2CN2CCN(S(=O)(=O)c3cccc(F)c3)CC2)cc1. The number of ether oxygens (including phenoxy) is 1. The van der Waals surface area contributed by atoms with E-state index in [1.165, 1.54) is 22.5 Å². The highest BCUT2D eigenvalue weighted by atomic mass is 32.2. The Labute approximate surface area is 180 Å². The first-order valence-electron chi connectivity index (χ1n) is 9.96. The van der Waals surface area contributed by atoms with Crippen molar-refractivity contribution in [3.8, 4) is 11.4 Å². The minimum Gasteiger partial charge on any atom is -0.494 e. The number of aromatic nitrogens is 4. The molecule has 2 heterocycles. The van der Waals surface area contributed by atoms with Gasteiger partial charge in [0.05, 0.1) is 23.7 Å². The van der Waals surface area contributed by atoms with Crippen molar-refractivity contribution in [2.45, 2.75) is 18.4 Å². The smallest absolute Gasteiger partial charge is 0.243 e. The van der Waals surface area contributed by atoms with E-state index in [2.05, 4.69) is 20.4 Å². The summed E-state index contributed by atoms with van der Waals surface area (Å²) >= 11 is 0. The number of sulfonamides is 1. The van der Waals surface area contributed by atoms with Crippen molar-refractivity contribution < 1.29 is 17.5 Å². The topological polar surface area (TPSA) is 93.4 Å². The second-order valence-electron chi connectivity index (χ2n) is 7.07. The lowest BCUT2D eigenvalue weighted by Crippen LogP contribution is -2.48. The van der Waals surface area contributed by atoms with E-state index in [4.69, 9.17) is 4.74 Å². The standard InChI is InChI=1S/C20H23FN6O3S/c1-2-30-18-8-6-17(7-9-18)27-20(22-23-24-27)15-25-10-12-26(13-11-25)31(28,29)19-5-3-4-16(21)14-19/h3-9,14H,2,10-13,15H2,1H3. The van der Waals surface area contributed by atoms with E-state index in [0.29, 0.717) is 45.2 Å². The van der Waals surface area contributed by atoms with Crippen molar-refractivity contribution in [1.29, 1.82) is 0 Å². The number of rotatable bonds is 7. The molecule has 0 unspecified atom stereocenters. The van der Waals surface area contributed by atoms with E-state index < -0.39 is 15.8 Å². The third-order valence-corrected chi connectivity index (χ3v) is 6.95. The first kappa shape index (κ1) is 21.3. The minimum atomic E-state index is -3.72. The van der Waals surface area contributed by atoms with Gasteiger partial charge in [-0.3, -0.25) is 4.90 Å². The summed E-state index contributed by atoms with van der Waals surface area (Å²) in [5.74, 6) is 0.864. The quantitative estimate of drug-likeness (QED) is 0.545. The monoisotopic (exact) mass is 446 g/mol. The van der Waals surface area contributed by atoms with Crippen LogP contribution in [0, 0.1) is 5.82 Å². The molecule has 0 saturated carbocycles. The minimum absolute atomic E-state index is 0.0274. The third-order valence-electron chi connectivity index (χ3n) is 5.06. The van der Waals surface area contributed by atoms with E-state index in [1.807, 2.05) is 31.2 Å². The number of piperazine rings is 1. The fourth-order valence-corrected chi connectivity index (χ4v) is 4.91. The molecule has 31 heavy (non-hydrogen) atoms. The number of benzene rings is 2. The molecular weight excluding hydrogens is 423 g/mol. The van der Waals surface area contributed by atoms with Crippen LogP contribution in [-0.4, -0.2) is 70.6 Å². The molecule has 0 radical (unpaired) electrons. The van der Waals surface area contributed by atoms with Crippen LogP contribution in [0.4, 0.5) is 4.39 Å². The zero-order chi connectivity index (χ0) is 21.8. The molecule has 11 heteroatoms. The predicted octanol–water partition coefficient (Wildman–Crippen LogP) is 1.71. The van der Waals surface area contributed by atoms with Crippen LogP contribution >= 0.6 is 0 Å². The van der Waals surface area contributed by atoms with E-state index in [9.17, 15) is 12.8 Å². The van der Waals surface area contributed by atoms with Gasteiger partial charge in [-0.25, -0.2) is 12.8 Å². The summed E-state index contributed by atoms with van der Waals surface area (Å²) in [4.78, 5) is 2.06. The van der Waals surface area contributed by atoms with Crippen molar-refractivity contribution in [2.24, 2.45) is 0 Å². The van der Waals surface area contributed by atoms with Gasteiger partial charge >= 0.3 is 0 Å². The lowest BCUT2D eigenvalue weighted by atomic mass is 10.3. The highest BCUT2D eigenvalue weighted by molar-refractivity contribution is 7.89. The summed E-state index contributed by atoms with van der Waals surface area (Å²) in [6.45, 7) is 4.66. The Morgan fingerprint density at radius 2 is 1.81 bits per heavy atom. The van der Waals surface area contributed by atoms with Crippen molar-refractivity contribution >= 4 is 10.0 Å². The highest BCUT2D eigenvalue weighted by Gasteiger charge is 2.29. The second-order valence-corrected chi connectivity index (χ2v) is 9.01. The molecule has 1 aliphatic heterocycles. The van der Waals surface area contributed by atoms with Crippen LogP contribution in [0.5, 0.6) is 5.75 Å². The summed E-state index contributed by atoms with van der Waals surface area (Å²) in [7, 11) is -3.72. The maximum absolute atomic E-state index is 13.5. The molecule has 1 fully saturated rings. The van der Waals surface area contributed by atoms with Gasteiger partial charge in [-0.15, -0.1) is 5.10 Å². The van der Waals surface area contributed by atoms with E-state index in [-0.39, 0.29) is 4.90 Å². The Morgan fingerprint density at radius 3 is 2.48 bits per heavy atom. The van der Waals surface area contributed by atoms with Crippen LogP contribution in [-0.2, 0) is 16.6 Å². The average Bonchev–Trinajstić information content (AvgIpc) is 3.23. The number of hydrogen-bond donors (Lipinski definition) is 0. The molecule has 1 aromatic heterocycles. The first-order valence-corrected chi connectivity index (χ1v) is 11.4. The summed E-state index contributed by atoms with van der Waals surface area (Å²) in [6, 6.07) is 12.6. The number of tetrazole rings is 1. The predicted molar refractivity (Wildman–Crippen MR) is 111 cm³/mol. The van der Waals surface area contributed by atoms with Crippen LogP contribution in [0.15, 0.2) is 53.4 Å². The highest BCUT2D eigenvalue weighted by Crippen LogP contribution is 2.20. The molecule has 1 saturated heterocycles. The van der Waals surface area contributed by atoms with E-state index >= 15 is 0 Å². The fraction of sp³-hybridized carbons (Fsp3) is 0.350. The van der Waals surface area contributed by atoms with E-state index in [1.54, 1.807) is 4.68 Å². The molecule has 0 bridgehead atoms. The Balaban J connectivity index is 1.40. The van der Waals surface area contributed by atoms with Gasteiger partial charge in [0.25, 0.3) is 0 Å². The molecule has 0 amide bonds. The molecule has 0 spiro atoms. The van der Waals surface area contributed by atoms with Crippen molar-refractivity contribution in [2.75, 3.05) is 32.8 Å². The van der Waals surface area contributed by atoms with Crippen LogP contribution in [0.1, 0.15) is 12.7 Å². The lowest BCUT2D eigenvalue weighted by Gasteiger charge is -2.33. The molecule has 1 aliphatic rings. The maximum Gasteiger partial charge on any atom is 0.243 e. The van der Waals surface area contributed by atoms with Gasteiger partial charge in [0.2, 0.25) is 10.0 Å².